The first-order valence-electron chi connectivity index (χ1n) is 8.32. The van der Waals surface area contributed by atoms with E-state index in [2.05, 4.69) is 26.3 Å². The van der Waals surface area contributed by atoms with E-state index in [1.54, 1.807) is 18.5 Å². The lowest BCUT2D eigenvalue weighted by atomic mass is 10.1. The van der Waals surface area contributed by atoms with Gasteiger partial charge in [-0.1, -0.05) is 6.07 Å². The minimum atomic E-state index is -0.533. The van der Waals surface area contributed by atoms with Crippen LogP contribution in [0.3, 0.4) is 0 Å². The SMILES string of the molecule is Cc1cc(C)cc(Oc2cc(NC(=O)Cn3cc(Br)cn3)cc([N+](=O)[O-])c2)c1. The molecule has 3 rings (SSSR count). The fraction of sp³-hybridized carbons (Fsp3) is 0.158. The van der Waals surface area contributed by atoms with Crippen LogP contribution in [0, 0.1) is 24.0 Å². The Kier molecular flexibility index (Phi) is 5.74. The molecule has 0 spiro atoms. The Morgan fingerprint density at radius 3 is 2.46 bits per heavy atom. The molecule has 0 fully saturated rings. The van der Waals surface area contributed by atoms with Crippen molar-refractivity contribution in [1.29, 1.82) is 0 Å². The Morgan fingerprint density at radius 2 is 1.86 bits per heavy atom. The first-order valence-corrected chi connectivity index (χ1v) is 9.11. The molecule has 0 atom stereocenters. The topological polar surface area (TPSA) is 99.3 Å². The molecule has 8 nitrogen and oxygen atoms in total. The second-order valence-electron chi connectivity index (χ2n) is 6.30. The van der Waals surface area contributed by atoms with Crippen LogP contribution >= 0.6 is 15.9 Å². The van der Waals surface area contributed by atoms with E-state index >= 15 is 0 Å². The third-order valence-corrected chi connectivity index (χ3v) is 4.13. The smallest absolute Gasteiger partial charge is 0.275 e. The zero-order valence-corrected chi connectivity index (χ0v) is 16.8. The molecule has 144 valence electrons. The molecular formula is C19H17BrN4O4. The molecule has 1 amide bonds. The molecule has 2 aromatic carbocycles. The highest BCUT2D eigenvalue weighted by Crippen LogP contribution is 2.30. The first kappa shape index (κ1) is 19.6. The fourth-order valence-corrected chi connectivity index (χ4v) is 3.05. The van der Waals surface area contributed by atoms with Crippen molar-refractivity contribution in [2.75, 3.05) is 5.32 Å². The molecule has 1 N–H and O–H groups in total. The van der Waals surface area contributed by atoms with Gasteiger partial charge in [0.15, 0.2) is 0 Å². The summed E-state index contributed by atoms with van der Waals surface area (Å²) in [6.07, 6.45) is 3.22. The Morgan fingerprint density at radius 1 is 1.18 bits per heavy atom. The van der Waals surface area contributed by atoms with Crippen molar-refractivity contribution in [3.63, 3.8) is 0 Å². The second-order valence-corrected chi connectivity index (χ2v) is 7.22. The number of ether oxygens (including phenoxy) is 1. The molecule has 0 unspecified atom stereocenters. The van der Waals surface area contributed by atoms with E-state index in [0.717, 1.165) is 15.6 Å². The molecular weight excluding hydrogens is 428 g/mol. The molecule has 9 heteroatoms. The Hall–Kier alpha value is -3.20. The van der Waals surface area contributed by atoms with Crippen LogP contribution in [0.1, 0.15) is 11.1 Å². The number of rotatable bonds is 6. The standard InChI is InChI=1S/C19H17BrN4O4/c1-12-3-13(2)5-17(4-12)28-18-7-15(6-16(8-18)24(26)27)22-19(25)11-23-10-14(20)9-21-23/h3-10H,11H2,1-2H3,(H,22,25). The first-order chi connectivity index (χ1) is 13.3. The number of benzene rings is 2. The molecule has 0 saturated carbocycles. The van der Waals surface area contributed by atoms with Crippen LogP contribution in [0.25, 0.3) is 0 Å². The van der Waals surface area contributed by atoms with Gasteiger partial charge in [0, 0.05) is 18.3 Å². The molecule has 0 aliphatic rings. The fourth-order valence-electron chi connectivity index (χ4n) is 2.72. The normalized spacial score (nSPS) is 10.5. The van der Waals surface area contributed by atoms with Gasteiger partial charge in [-0.15, -0.1) is 0 Å². The molecule has 1 aromatic heterocycles. The number of amides is 1. The van der Waals surface area contributed by atoms with Crippen LogP contribution in [0.5, 0.6) is 11.5 Å². The Bertz CT molecular complexity index is 1030. The van der Waals surface area contributed by atoms with Crippen LogP contribution < -0.4 is 10.1 Å². The highest BCUT2D eigenvalue weighted by Gasteiger charge is 2.14. The molecule has 0 aliphatic carbocycles. The summed E-state index contributed by atoms with van der Waals surface area (Å²) in [4.78, 5) is 23.0. The maximum atomic E-state index is 12.2. The summed E-state index contributed by atoms with van der Waals surface area (Å²) in [7, 11) is 0. The lowest BCUT2D eigenvalue weighted by molar-refractivity contribution is -0.384. The monoisotopic (exact) mass is 444 g/mol. The van der Waals surface area contributed by atoms with Gasteiger partial charge in [-0.25, -0.2) is 0 Å². The van der Waals surface area contributed by atoms with Crippen molar-refractivity contribution in [2.45, 2.75) is 20.4 Å². The number of nitro benzene ring substituents is 1. The van der Waals surface area contributed by atoms with E-state index in [9.17, 15) is 14.9 Å². The second kappa shape index (κ2) is 8.22. The highest BCUT2D eigenvalue weighted by atomic mass is 79.9. The number of hydrogen-bond acceptors (Lipinski definition) is 5. The van der Waals surface area contributed by atoms with Gasteiger partial charge in [0.25, 0.3) is 5.69 Å². The van der Waals surface area contributed by atoms with Gasteiger partial charge in [-0.3, -0.25) is 19.6 Å². The van der Waals surface area contributed by atoms with Crippen molar-refractivity contribution in [2.24, 2.45) is 0 Å². The van der Waals surface area contributed by atoms with Crippen molar-refractivity contribution < 1.29 is 14.5 Å². The number of nitro groups is 1. The number of anilines is 1. The van der Waals surface area contributed by atoms with Crippen LogP contribution in [0.2, 0.25) is 0 Å². The highest BCUT2D eigenvalue weighted by molar-refractivity contribution is 9.10. The maximum absolute atomic E-state index is 12.2. The lowest BCUT2D eigenvalue weighted by Crippen LogP contribution is -2.19. The quantitative estimate of drug-likeness (QED) is 0.442. The Labute approximate surface area is 169 Å². The third kappa shape index (κ3) is 5.17. The zero-order chi connectivity index (χ0) is 20.3. The number of nitrogens with one attached hydrogen (secondary N) is 1. The summed E-state index contributed by atoms with van der Waals surface area (Å²) in [5, 5.41) is 17.9. The maximum Gasteiger partial charge on any atom is 0.275 e. The zero-order valence-electron chi connectivity index (χ0n) is 15.2. The van der Waals surface area contributed by atoms with Crippen LogP contribution in [0.4, 0.5) is 11.4 Å². The van der Waals surface area contributed by atoms with Gasteiger partial charge in [0.2, 0.25) is 5.91 Å². The number of carbonyl (C=O) groups excluding carboxylic acids is 1. The van der Waals surface area contributed by atoms with Crippen molar-refractivity contribution in [3.8, 4) is 11.5 Å². The van der Waals surface area contributed by atoms with E-state index in [0.29, 0.717) is 5.75 Å². The number of non-ortho nitro benzene ring substituents is 1. The average Bonchev–Trinajstić information content (AvgIpc) is 2.98. The van der Waals surface area contributed by atoms with Gasteiger partial charge in [0.05, 0.1) is 27.3 Å². The molecule has 0 saturated heterocycles. The van der Waals surface area contributed by atoms with E-state index in [1.807, 2.05) is 32.0 Å². The molecule has 0 radical (unpaired) electrons. The summed E-state index contributed by atoms with van der Waals surface area (Å²) in [6.45, 7) is 3.85. The van der Waals surface area contributed by atoms with Crippen molar-refractivity contribution in [3.05, 3.63) is 74.5 Å². The van der Waals surface area contributed by atoms with Crippen molar-refractivity contribution in [1.82, 2.24) is 9.78 Å². The van der Waals surface area contributed by atoms with Crippen LogP contribution in [-0.2, 0) is 11.3 Å². The minimum Gasteiger partial charge on any atom is -0.457 e. The van der Waals surface area contributed by atoms with E-state index in [4.69, 9.17) is 4.74 Å². The lowest BCUT2D eigenvalue weighted by Gasteiger charge is -2.11. The number of halogens is 1. The number of carbonyl (C=O) groups is 1. The minimum absolute atomic E-state index is 0.0262. The molecule has 1 heterocycles. The Balaban J connectivity index is 1.82. The molecule has 3 aromatic rings. The van der Waals surface area contributed by atoms with E-state index in [1.165, 1.54) is 16.8 Å². The molecule has 28 heavy (non-hydrogen) atoms. The van der Waals surface area contributed by atoms with Crippen molar-refractivity contribution >= 4 is 33.2 Å². The van der Waals surface area contributed by atoms with Gasteiger partial charge < -0.3 is 10.1 Å². The number of aromatic nitrogens is 2. The number of nitrogens with zero attached hydrogens (tertiary/aromatic N) is 3. The van der Waals surface area contributed by atoms with Gasteiger partial charge >= 0.3 is 0 Å². The summed E-state index contributed by atoms with van der Waals surface area (Å²) in [6, 6.07) is 9.81. The van der Waals surface area contributed by atoms with E-state index < -0.39 is 4.92 Å². The summed E-state index contributed by atoms with van der Waals surface area (Å²) < 4.78 is 7.99. The third-order valence-electron chi connectivity index (χ3n) is 3.72. The predicted molar refractivity (Wildman–Crippen MR) is 108 cm³/mol. The number of hydrogen-bond donors (Lipinski definition) is 1. The number of aryl methyl sites for hydroxylation is 2. The van der Waals surface area contributed by atoms with Crippen LogP contribution in [-0.4, -0.2) is 20.6 Å². The molecule has 0 bridgehead atoms. The summed E-state index contributed by atoms with van der Waals surface area (Å²) in [5.41, 5.74) is 2.11. The van der Waals surface area contributed by atoms with Crippen LogP contribution in [0.15, 0.2) is 53.3 Å². The van der Waals surface area contributed by atoms with Gasteiger partial charge in [-0.2, -0.15) is 5.10 Å². The summed E-state index contributed by atoms with van der Waals surface area (Å²) in [5.74, 6) is 0.460. The molecule has 0 aliphatic heterocycles. The van der Waals surface area contributed by atoms with Gasteiger partial charge in [0.1, 0.15) is 18.0 Å². The van der Waals surface area contributed by atoms with Gasteiger partial charge in [-0.05, 0) is 53.0 Å². The van der Waals surface area contributed by atoms with E-state index in [-0.39, 0.29) is 29.6 Å². The summed E-state index contributed by atoms with van der Waals surface area (Å²) >= 11 is 3.26. The average molecular weight is 445 g/mol. The predicted octanol–water partition coefficient (Wildman–Crippen LogP) is 4.60. The largest absolute Gasteiger partial charge is 0.457 e.